The molecule has 0 aliphatic carbocycles. The van der Waals surface area contributed by atoms with Crippen LogP contribution in [0.4, 0.5) is 11.4 Å². The molecule has 122 valence electrons. The smallest absolute Gasteiger partial charge is 0.293 e. The Balaban J connectivity index is 2.15. The molecule has 0 amide bonds. The predicted molar refractivity (Wildman–Crippen MR) is 81.9 cm³/mol. The quantitative estimate of drug-likeness (QED) is 0.628. The van der Waals surface area contributed by atoms with Crippen LogP contribution >= 0.6 is 0 Å². The highest BCUT2D eigenvalue weighted by atomic mass is 32.2. The van der Waals surface area contributed by atoms with Crippen LogP contribution in [0.2, 0.25) is 0 Å². The van der Waals surface area contributed by atoms with Gasteiger partial charge in [-0.2, -0.15) is 0 Å². The number of benzene rings is 1. The Labute approximate surface area is 129 Å². The zero-order chi connectivity index (χ0) is 16.3. The van der Waals surface area contributed by atoms with Crippen LogP contribution in [0.25, 0.3) is 0 Å². The summed E-state index contributed by atoms with van der Waals surface area (Å²) < 4.78 is 28.6. The molecule has 2 rings (SSSR count). The molecule has 8 nitrogen and oxygen atoms in total. The maximum absolute atomic E-state index is 11.5. The Morgan fingerprint density at radius 1 is 1.50 bits per heavy atom. The molecule has 0 aromatic heterocycles. The van der Waals surface area contributed by atoms with Gasteiger partial charge in [-0.05, 0) is 19.2 Å². The highest BCUT2D eigenvalue weighted by Gasteiger charge is 2.21. The number of anilines is 1. The lowest BCUT2D eigenvalue weighted by molar-refractivity contribution is -0.384. The number of nitro benzene ring substituents is 1. The molecular formula is C13H19N3O5S. The molecule has 1 atom stereocenters. The van der Waals surface area contributed by atoms with Gasteiger partial charge in [-0.25, -0.2) is 8.42 Å². The molecule has 0 spiro atoms. The van der Waals surface area contributed by atoms with Crippen LogP contribution in [-0.2, 0) is 14.6 Å². The standard InChI is InChI=1S/C13H19N3O5S/c1-15-5-6-21-10(9-15)8-14-12-4-3-11(22(2,19)20)7-13(12)16(17)18/h3-4,7,10,14H,5-6,8-9H2,1-2H3/t10-/m0/s1. The summed E-state index contributed by atoms with van der Waals surface area (Å²) in [5.74, 6) is 0. The molecule has 1 aromatic rings. The van der Waals surface area contributed by atoms with Gasteiger partial charge < -0.3 is 15.0 Å². The van der Waals surface area contributed by atoms with Crippen LogP contribution < -0.4 is 5.32 Å². The van der Waals surface area contributed by atoms with Crippen LogP contribution in [0.15, 0.2) is 23.1 Å². The lowest BCUT2D eigenvalue weighted by atomic mass is 10.2. The second kappa shape index (κ2) is 6.59. The minimum absolute atomic E-state index is 0.0621. The summed E-state index contributed by atoms with van der Waals surface area (Å²) in [6.45, 7) is 2.64. The molecule has 1 aromatic carbocycles. The van der Waals surface area contributed by atoms with Crippen LogP contribution in [0.1, 0.15) is 0 Å². The van der Waals surface area contributed by atoms with E-state index in [9.17, 15) is 18.5 Å². The van der Waals surface area contributed by atoms with E-state index in [0.717, 1.165) is 25.4 Å². The van der Waals surface area contributed by atoms with Crippen LogP contribution in [0, 0.1) is 10.1 Å². The molecule has 9 heteroatoms. The fourth-order valence-corrected chi connectivity index (χ4v) is 2.90. The van der Waals surface area contributed by atoms with Crippen molar-refractivity contribution in [2.45, 2.75) is 11.0 Å². The van der Waals surface area contributed by atoms with Crippen molar-refractivity contribution in [1.29, 1.82) is 0 Å². The first-order valence-corrected chi connectivity index (χ1v) is 8.69. The first-order valence-electron chi connectivity index (χ1n) is 6.80. The predicted octanol–water partition coefficient (Wildman–Crippen LogP) is 0.741. The number of likely N-dealkylation sites (N-methyl/N-ethyl adjacent to an activating group) is 1. The average Bonchev–Trinajstić information content (AvgIpc) is 2.44. The second-order valence-corrected chi connectivity index (χ2v) is 7.36. The van der Waals surface area contributed by atoms with Gasteiger partial charge in [-0.1, -0.05) is 0 Å². The summed E-state index contributed by atoms with van der Waals surface area (Å²) in [5, 5.41) is 14.1. The Kier molecular flexibility index (Phi) is 4.99. The molecular weight excluding hydrogens is 310 g/mol. The zero-order valence-electron chi connectivity index (χ0n) is 12.5. The summed E-state index contributed by atoms with van der Waals surface area (Å²) in [6, 6.07) is 3.85. The molecule has 0 unspecified atom stereocenters. The monoisotopic (exact) mass is 329 g/mol. The molecule has 1 N–H and O–H groups in total. The first kappa shape index (κ1) is 16.7. The Bertz CT molecular complexity index is 662. The fourth-order valence-electron chi connectivity index (χ4n) is 2.26. The van der Waals surface area contributed by atoms with Crippen molar-refractivity contribution in [1.82, 2.24) is 4.90 Å². The largest absolute Gasteiger partial charge is 0.377 e. The number of morpholine rings is 1. The molecule has 1 saturated heterocycles. The summed E-state index contributed by atoms with van der Waals surface area (Å²) in [6.07, 6.45) is 0.957. The van der Waals surface area contributed by atoms with E-state index in [2.05, 4.69) is 10.2 Å². The van der Waals surface area contributed by atoms with Gasteiger partial charge in [-0.15, -0.1) is 0 Å². The lowest BCUT2D eigenvalue weighted by Gasteiger charge is -2.30. The highest BCUT2D eigenvalue weighted by molar-refractivity contribution is 7.90. The van der Waals surface area contributed by atoms with Gasteiger partial charge in [-0.3, -0.25) is 10.1 Å². The SMILES string of the molecule is CN1CCO[C@@H](CNc2ccc(S(C)(=O)=O)cc2[N+](=O)[O-])C1. The van der Waals surface area contributed by atoms with Crippen molar-refractivity contribution in [3.63, 3.8) is 0 Å². The molecule has 0 radical (unpaired) electrons. The lowest BCUT2D eigenvalue weighted by Crippen LogP contribution is -2.43. The Morgan fingerprint density at radius 3 is 2.82 bits per heavy atom. The van der Waals surface area contributed by atoms with Gasteiger partial charge in [0.1, 0.15) is 5.69 Å². The molecule has 0 bridgehead atoms. The Morgan fingerprint density at radius 2 is 2.23 bits per heavy atom. The Hall–Kier alpha value is -1.71. The van der Waals surface area contributed by atoms with Crippen molar-refractivity contribution in [3.05, 3.63) is 28.3 Å². The van der Waals surface area contributed by atoms with E-state index in [1.54, 1.807) is 0 Å². The third-order valence-electron chi connectivity index (χ3n) is 3.46. The number of nitro groups is 1. The van der Waals surface area contributed by atoms with Gasteiger partial charge in [0, 0.05) is 32.0 Å². The average molecular weight is 329 g/mol. The summed E-state index contributed by atoms with van der Waals surface area (Å²) in [5.41, 5.74) is 0.0290. The van der Waals surface area contributed by atoms with Crippen molar-refractivity contribution in [2.75, 3.05) is 44.9 Å². The molecule has 0 saturated carbocycles. The van der Waals surface area contributed by atoms with E-state index in [-0.39, 0.29) is 22.4 Å². The van der Waals surface area contributed by atoms with Crippen molar-refractivity contribution < 1.29 is 18.1 Å². The van der Waals surface area contributed by atoms with Crippen LogP contribution in [0.5, 0.6) is 0 Å². The van der Waals surface area contributed by atoms with E-state index in [1.165, 1.54) is 12.1 Å². The fraction of sp³-hybridized carbons (Fsp3) is 0.538. The van der Waals surface area contributed by atoms with Gasteiger partial charge in [0.25, 0.3) is 5.69 Å². The molecule has 1 aliphatic heterocycles. The maximum Gasteiger partial charge on any atom is 0.293 e. The van der Waals surface area contributed by atoms with Gasteiger partial charge in [0.05, 0.1) is 22.5 Å². The van der Waals surface area contributed by atoms with Crippen molar-refractivity contribution in [2.24, 2.45) is 0 Å². The van der Waals surface area contributed by atoms with Crippen LogP contribution in [0.3, 0.4) is 0 Å². The number of ether oxygens (including phenoxy) is 1. The molecule has 1 fully saturated rings. The molecule has 22 heavy (non-hydrogen) atoms. The number of rotatable bonds is 5. The van der Waals surface area contributed by atoms with Crippen LogP contribution in [-0.4, -0.2) is 63.9 Å². The summed E-state index contributed by atoms with van der Waals surface area (Å²) in [7, 11) is -1.50. The summed E-state index contributed by atoms with van der Waals surface area (Å²) in [4.78, 5) is 12.6. The molecule has 1 aliphatic rings. The third kappa shape index (κ3) is 4.15. The maximum atomic E-state index is 11.5. The van der Waals surface area contributed by atoms with E-state index in [4.69, 9.17) is 4.74 Å². The first-order chi connectivity index (χ1) is 10.3. The number of hydrogen-bond acceptors (Lipinski definition) is 7. The van der Waals surface area contributed by atoms with E-state index in [1.807, 2.05) is 7.05 Å². The normalized spacial score (nSPS) is 19.8. The number of nitrogens with zero attached hydrogens (tertiary/aromatic N) is 2. The zero-order valence-corrected chi connectivity index (χ0v) is 13.3. The van der Waals surface area contributed by atoms with Crippen molar-refractivity contribution in [3.8, 4) is 0 Å². The van der Waals surface area contributed by atoms with Gasteiger partial charge in [0.2, 0.25) is 0 Å². The second-order valence-electron chi connectivity index (χ2n) is 5.34. The third-order valence-corrected chi connectivity index (χ3v) is 4.57. The van der Waals surface area contributed by atoms with E-state index < -0.39 is 14.8 Å². The number of nitrogens with one attached hydrogen (secondary N) is 1. The van der Waals surface area contributed by atoms with Gasteiger partial charge >= 0.3 is 0 Å². The van der Waals surface area contributed by atoms with E-state index >= 15 is 0 Å². The topological polar surface area (TPSA) is 102 Å². The van der Waals surface area contributed by atoms with Gasteiger partial charge in [0.15, 0.2) is 9.84 Å². The highest BCUT2D eigenvalue weighted by Crippen LogP contribution is 2.27. The van der Waals surface area contributed by atoms with E-state index in [0.29, 0.717) is 13.2 Å². The number of sulfone groups is 1. The molecule has 1 heterocycles. The van der Waals surface area contributed by atoms with Crippen molar-refractivity contribution >= 4 is 21.2 Å². The minimum Gasteiger partial charge on any atom is -0.377 e. The minimum atomic E-state index is -3.48. The number of hydrogen-bond donors (Lipinski definition) is 1. The summed E-state index contributed by atoms with van der Waals surface area (Å²) >= 11 is 0.